The Labute approximate surface area is 169 Å². The van der Waals surface area contributed by atoms with Crippen LogP contribution in [-0.4, -0.2) is 19.6 Å². The first-order valence-corrected chi connectivity index (χ1v) is 10.5. The third-order valence-electron chi connectivity index (χ3n) is 5.37. The van der Waals surface area contributed by atoms with Crippen molar-refractivity contribution >= 4 is 22.9 Å². The van der Waals surface area contributed by atoms with Gasteiger partial charge < -0.3 is 15.0 Å². The number of ether oxygens (including phenoxy) is 1. The number of benzene rings is 2. The van der Waals surface area contributed by atoms with E-state index < -0.39 is 0 Å². The lowest BCUT2D eigenvalue weighted by atomic mass is 10.1. The number of likely N-dealkylation sites (tertiary alicyclic amines) is 1. The highest BCUT2D eigenvalue weighted by atomic mass is 32.1. The number of amides is 1. The molecule has 2 atom stereocenters. The topological polar surface area (TPSA) is 42.8 Å². The van der Waals surface area contributed by atoms with Crippen molar-refractivity contribution in [3.8, 4) is 5.75 Å². The molecule has 4 nitrogen and oxygen atoms in total. The second kappa shape index (κ2) is 8.59. The van der Waals surface area contributed by atoms with Crippen molar-refractivity contribution in [2.24, 2.45) is 0 Å². The van der Waals surface area contributed by atoms with Crippen LogP contribution in [0.25, 0.3) is 0 Å². The molecule has 28 heavy (non-hydrogen) atoms. The predicted octanol–water partition coefficient (Wildman–Crippen LogP) is 3.93. The first kappa shape index (κ1) is 18.7. The Morgan fingerprint density at radius 1 is 1.14 bits per heavy atom. The molecule has 5 heteroatoms. The van der Waals surface area contributed by atoms with Crippen molar-refractivity contribution < 1.29 is 14.4 Å². The van der Waals surface area contributed by atoms with E-state index in [1.165, 1.54) is 29.8 Å². The summed E-state index contributed by atoms with van der Waals surface area (Å²) in [6.45, 7) is 2.21. The fourth-order valence-electron chi connectivity index (χ4n) is 3.87. The van der Waals surface area contributed by atoms with E-state index in [0.29, 0.717) is 11.6 Å². The Kier molecular flexibility index (Phi) is 5.74. The van der Waals surface area contributed by atoms with Gasteiger partial charge in [-0.1, -0.05) is 18.2 Å². The van der Waals surface area contributed by atoms with E-state index >= 15 is 0 Å². The molecule has 1 amide bonds. The van der Waals surface area contributed by atoms with Gasteiger partial charge >= 0.3 is 0 Å². The van der Waals surface area contributed by atoms with E-state index in [1.807, 2.05) is 47.7 Å². The highest BCUT2D eigenvalue weighted by molar-refractivity contribution is 7.10. The van der Waals surface area contributed by atoms with E-state index in [-0.39, 0.29) is 5.91 Å². The van der Waals surface area contributed by atoms with Crippen molar-refractivity contribution in [2.45, 2.75) is 25.4 Å². The summed E-state index contributed by atoms with van der Waals surface area (Å²) in [5.41, 5.74) is 2.71. The van der Waals surface area contributed by atoms with Crippen molar-refractivity contribution in [3.05, 3.63) is 82.0 Å². The van der Waals surface area contributed by atoms with E-state index in [4.69, 9.17) is 4.74 Å². The number of carbonyl (C=O) groups is 1. The smallest absolute Gasteiger partial charge is 0.255 e. The van der Waals surface area contributed by atoms with Crippen LogP contribution < -0.4 is 15.0 Å². The third-order valence-corrected chi connectivity index (χ3v) is 6.35. The van der Waals surface area contributed by atoms with Crippen LogP contribution >= 0.6 is 11.3 Å². The molecule has 1 unspecified atom stereocenters. The lowest BCUT2D eigenvalue weighted by Crippen LogP contribution is -3.08. The molecular weight excluding hydrogens is 368 g/mol. The van der Waals surface area contributed by atoms with Gasteiger partial charge in [0.25, 0.3) is 5.91 Å². The minimum absolute atomic E-state index is 0.0956. The molecular formula is C23H25N2O2S+. The molecule has 0 spiro atoms. The van der Waals surface area contributed by atoms with E-state index in [2.05, 4.69) is 35.0 Å². The molecule has 1 saturated heterocycles. The van der Waals surface area contributed by atoms with Crippen molar-refractivity contribution in [1.82, 2.24) is 0 Å². The SMILES string of the molecule is COc1ccc(NC(=O)c2ccc(C[NH+]3CCC[C@H]3c3cccs3)cc2)cc1. The summed E-state index contributed by atoms with van der Waals surface area (Å²) >= 11 is 1.86. The van der Waals surface area contributed by atoms with Gasteiger partial charge in [0.05, 0.1) is 18.5 Å². The summed E-state index contributed by atoms with van der Waals surface area (Å²) in [4.78, 5) is 15.6. The Morgan fingerprint density at radius 2 is 1.93 bits per heavy atom. The van der Waals surface area contributed by atoms with Crippen LogP contribution in [0.1, 0.15) is 39.7 Å². The molecule has 1 aliphatic heterocycles. The van der Waals surface area contributed by atoms with Gasteiger partial charge in [-0.25, -0.2) is 0 Å². The molecule has 0 bridgehead atoms. The van der Waals surface area contributed by atoms with Gasteiger partial charge in [-0.2, -0.15) is 0 Å². The quantitative estimate of drug-likeness (QED) is 0.666. The highest BCUT2D eigenvalue weighted by Gasteiger charge is 2.30. The third kappa shape index (κ3) is 4.26. The number of anilines is 1. The van der Waals surface area contributed by atoms with Crippen molar-refractivity contribution in [1.29, 1.82) is 0 Å². The summed E-state index contributed by atoms with van der Waals surface area (Å²) in [7, 11) is 1.63. The molecule has 0 aliphatic carbocycles. The van der Waals surface area contributed by atoms with Gasteiger partial charge in [-0.3, -0.25) is 4.79 Å². The summed E-state index contributed by atoms with van der Waals surface area (Å²) in [6, 6.07) is 20.4. The maximum Gasteiger partial charge on any atom is 0.255 e. The lowest BCUT2D eigenvalue weighted by molar-refractivity contribution is -0.931. The number of hydrogen-bond acceptors (Lipinski definition) is 3. The number of quaternary nitrogens is 1. The van der Waals surface area contributed by atoms with E-state index in [0.717, 1.165) is 18.0 Å². The van der Waals surface area contributed by atoms with Crippen LogP contribution in [0.4, 0.5) is 5.69 Å². The largest absolute Gasteiger partial charge is 0.497 e. The van der Waals surface area contributed by atoms with Gasteiger partial charge in [0.1, 0.15) is 18.3 Å². The van der Waals surface area contributed by atoms with Crippen molar-refractivity contribution in [2.75, 3.05) is 19.0 Å². The number of thiophene rings is 1. The average molecular weight is 394 g/mol. The Morgan fingerprint density at radius 3 is 2.61 bits per heavy atom. The first-order valence-electron chi connectivity index (χ1n) is 9.65. The fourth-order valence-corrected chi connectivity index (χ4v) is 4.79. The number of methoxy groups -OCH3 is 1. The zero-order valence-corrected chi connectivity index (χ0v) is 16.8. The summed E-state index contributed by atoms with van der Waals surface area (Å²) in [5.74, 6) is 0.675. The number of hydrogen-bond donors (Lipinski definition) is 2. The molecule has 2 N–H and O–H groups in total. The second-order valence-corrected chi connectivity index (χ2v) is 8.15. The van der Waals surface area contributed by atoms with Crippen LogP contribution in [0.3, 0.4) is 0 Å². The zero-order valence-electron chi connectivity index (χ0n) is 16.0. The molecule has 1 fully saturated rings. The Hall–Kier alpha value is -2.63. The maximum absolute atomic E-state index is 12.5. The zero-order chi connectivity index (χ0) is 19.3. The summed E-state index contributed by atoms with van der Waals surface area (Å²) in [5, 5.41) is 5.10. The standard InChI is InChI=1S/C23H24N2O2S/c1-27-20-12-10-19(11-13-20)24-23(26)18-8-6-17(7-9-18)16-25-14-2-4-21(25)22-5-3-15-28-22/h3,5-13,15,21H,2,4,14,16H2,1H3,(H,24,26)/p+1/t21-/m0/s1. The number of rotatable bonds is 6. The molecule has 3 aromatic rings. The van der Waals surface area contributed by atoms with E-state index in [9.17, 15) is 4.79 Å². The molecule has 1 aliphatic rings. The molecule has 4 rings (SSSR count). The summed E-state index contributed by atoms with van der Waals surface area (Å²) < 4.78 is 5.14. The first-order chi connectivity index (χ1) is 13.7. The van der Waals surface area contributed by atoms with Crippen LogP contribution in [0.2, 0.25) is 0 Å². The maximum atomic E-state index is 12.5. The molecule has 2 heterocycles. The van der Waals surface area contributed by atoms with Gasteiger partial charge in [0.15, 0.2) is 0 Å². The molecule has 144 valence electrons. The number of nitrogens with one attached hydrogen (secondary N) is 2. The lowest BCUT2D eigenvalue weighted by Gasteiger charge is -2.20. The van der Waals surface area contributed by atoms with Crippen LogP contribution in [0.5, 0.6) is 5.75 Å². The second-order valence-electron chi connectivity index (χ2n) is 7.17. The predicted molar refractivity (Wildman–Crippen MR) is 113 cm³/mol. The van der Waals surface area contributed by atoms with Crippen LogP contribution in [0, 0.1) is 0 Å². The molecule has 0 radical (unpaired) electrons. The van der Waals surface area contributed by atoms with Gasteiger partial charge in [-0.15, -0.1) is 11.3 Å². The monoisotopic (exact) mass is 393 g/mol. The van der Waals surface area contributed by atoms with Crippen molar-refractivity contribution in [3.63, 3.8) is 0 Å². The van der Waals surface area contributed by atoms with Crippen LogP contribution in [0.15, 0.2) is 66.0 Å². The highest BCUT2D eigenvalue weighted by Crippen LogP contribution is 2.24. The average Bonchev–Trinajstić information content (AvgIpc) is 3.41. The Bertz CT molecular complexity index is 905. The minimum Gasteiger partial charge on any atom is -0.497 e. The molecule has 0 saturated carbocycles. The normalized spacial score (nSPS) is 18.8. The molecule has 2 aromatic carbocycles. The minimum atomic E-state index is -0.0956. The van der Waals surface area contributed by atoms with Gasteiger partial charge in [0.2, 0.25) is 0 Å². The number of carbonyl (C=O) groups excluding carboxylic acids is 1. The van der Waals surface area contributed by atoms with Crippen LogP contribution in [-0.2, 0) is 6.54 Å². The van der Waals surface area contributed by atoms with Gasteiger partial charge in [0, 0.05) is 29.7 Å². The summed E-state index contributed by atoms with van der Waals surface area (Å²) in [6.07, 6.45) is 2.54. The van der Waals surface area contributed by atoms with Gasteiger partial charge in [-0.05, 0) is 47.8 Å². The molecule has 1 aromatic heterocycles. The van der Waals surface area contributed by atoms with E-state index in [1.54, 1.807) is 12.0 Å². The fraction of sp³-hybridized carbons (Fsp3) is 0.261. The Balaban J connectivity index is 1.38.